The lowest BCUT2D eigenvalue weighted by Crippen LogP contribution is -2.45. The minimum atomic E-state index is 0.405. The Balaban J connectivity index is 2.42. The fraction of sp³-hybridized carbons (Fsp3) is 1.00. The summed E-state index contributed by atoms with van der Waals surface area (Å²) >= 11 is 0. The second-order valence-corrected chi connectivity index (χ2v) is 6.69. The Morgan fingerprint density at radius 1 is 1.29 bits per heavy atom. The molecule has 0 heterocycles. The van der Waals surface area contributed by atoms with Gasteiger partial charge in [0.2, 0.25) is 0 Å². The average Bonchev–Trinajstić information content (AvgIpc) is 3.09. The van der Waals surface area contributed by atoms with E-state index in [2.05, 4.69) is 51.9 Å². The minimum absolute atomic E-state index is 0.405. The molecule has 1 fully saturated rings. The van der Waals surface area contributed by atoms with E-state index >= 15 is 0 Å². The molecule has 1 aliphatic carbocycles. The zero-order valence-electron chi connectivity index (χ0n) is 12.7. The SMILES string of the molecule is CCC(C)(CNC(C)C)CN(C)C(C)C1CC1. The average molecular weight is 240 g/mol. The van der Waals surface area contributed by atoms with Gasteiger partial charge in [0.05, 0.1) is 0 Å². The van der Waals surface area contributed by atoms with Crippen LogP contribution in [0.5, 0.6) is 0 Å². The molecule has 17 heavy (non-hydrogen) atoms. The van der Waals surface area contributed by atoms with Crippen LogP contribution in [0.1, 0.15) is 53.9 Å². The van der Waals surface area contributed by atoms with Crippen LogP contribution in [0.25, 0.3) is 0 Å². The molecular formula is C15H32N2. The molecule has 0 aromatic rings. The molecule has 102 valence electrons. The van der Waals surface area contributed by atoms with Gasteiger partial charge in [0.1, 0.15) is 0 Å². The molecule has 1 rings (SSSR count). The molecule has 0 radical (unpaired) electrons. The minimum Gasteiger partial charge on any atom is -0.314 e. The summed E-state index contributed by atoms with van der Waals surface area (Å²) in [6, 6.07) is 1.35. The third-order valence-corrected chi connectivity index (χ3v) is 4.42. The number of nitrogens with one attached hydrogen (secondary N) is 1. The molecule has 1 aliphatic rings. The molecular weight excluding hydrogens is 208 g/mol. The summed E-state index contributed by atoms with van der Waals surface area (Å²) in [6.45, 7) is 13.9. The Labute approximate surface area is 108 Å². The molecule has 0 spiro atoms. The highest BCUT2D eigenvalue weighted by Crippen LogP contribution is 2.35. The molecule has 2 nitrogen and oxygen atoms in total. The van der Waals surface area contributed by atoms with Crippen molar-refractivity contribution in [1.29, 1.82) is 0 Å². The predicted molar refractivity (Wildman–Crippen MR) is 76.4 cm³/mol. The topological polar surface area (TPSA) is 15.3 Å². The van der Waals surface area contributed by atoms with Crippen LogP contribution in [-0.4, -0.2) is 37.1 Å². The quantitative estimate of drug-likeness (QED) is 0.701. The van der Waals surface area contributed by atoms with Crippen LogP contribution in [0.15, 0.2) is 0 Å². The lowest BCUT2D eigenvalue weighted by molar-refractivity contribution is 0.135. The maximum Gasteiger partial charge on any atom is 0.00923 e. The molecule has 0 amide bonds. The van der Waals surface area contributed by atoms with Crippen molar-refractivity contribution >= 4 is 0 Å². The van der Waals surface area contributed by atoms with Crippen molar-refractivity contribution < 1.29 is 0 Å². The highest BCUT2D eigenvalue weighted by molar-refractivity contribution is 4.87. The van der Waals surface area contributed by atoms with Gasteiger partial charge in [-0.1, -0.05) is 27.7 Å². The number of hydrogen-bond donors (Lipinski definition) is 1. The third-order valence-electron chi connectivity index (χ3n) is 4.42. The summed E-state index contributed by atoms with van der Waals surface area (Å²) in [5, 5.41) is 3.60. The third kappa shape index (κ3) is 4.97. The second kappa shape index (κ2) is 6.19. The molecule has 2 unspecified atom stereocenters. The Bertz CT molecular complexity index is 223. The summed E-state index contributed by atoms with van der Waals surface area (Å²) in [7, 11) is 2.30. The summed E-state index contributed by atoms with van der Waals surface area (Å²) < 4.78 is 0. The van der Waals surface area contributed by atoms with Gasteiger partial charge in [-0.15, -0.1) is 0 Å². The van der Waals surface area contributed by atoms with Crippen LogP contribution in [0.4, 0.5) is 0 Å². The van der Waals surface area contributed by atoms with Crippen molar-refractivity contribution in [2.75, 3.05) is 20.1 Å². The van der Waals surface area contributed by atoms with E-state index in [1.165, 1.54) is 25.8 Å². The van der Waals surface area contributed by atoms with Gasteiger partial charge in [0, 0.05) is 25.2 Å². The lowest BCUT2D eigenvalue weighted by Gasteiger charge is -2.36. The Morgan fingerprint density at radius 2 is 1.88 bits per heavy atom. The summed E-state index contributed by atoms with van der Waals surface area (Å²) in [6.07, 6.45) is 4.13. The predicted octanol–water partition coefficient (Wildman–Crippen LogP) is 3.13. The molecule has 2 atom stereocenters. The molecule has 0 aromatic heterocycles. The second-order valence-electron chi connectivity index (χ2n) is 6.69. The van der Waals surface area contributed by atoms with Crippen molar-refractivity contribution in [2.45, 2.75) is 66.0 Å². The fourth-order valence-electron chi connectivity index (χ4n) is 2.43. The number of rotatable bonds is 8. The van der Waals surface area contributed by atoms with Gasteiger partial charge in [-0.05, 0) is 44.6 Å². The fourth-order valence-corrected chi connectivity index (χ4v) is 2.43. The largest absolute Gasteiger partial charge is 0.314 e. The van der Waals surface area contributed by atoms with E-state index in [0.717, 1.165) is 18.5 Å². The Morgan fingerprint density at radius 3 is 2.29 bits per heavy atom. The van der Waals surface area contributed by atoms with Crippen molar-refractivity contribution in [3.8, 4) is 0 Å². The molecule has 0 aromatic carbocycles. The molecule has 2 heteroatoms. The van der Waals surface area contributed by atoms with E-state index in [-0.39, 0.29) is 0 Å². The monoisotopic (exact) mass is 240 g/mol. The van der Waals surface area contributed by atoms with Gasteiger partial charge in [0.25, 0.3) is 0 Å². The molecule has 1 saturated carbocycles. The van der Waals surface area contributed by atoms with Crippen LogP contribution in [-0.2, 0) is 0 Å². The first-order valence-electron chi connectivity index (χ1n) is 7.31. The summed E-state index contributed by atoms with van der Waals surface area (Å²) in [5.41, 5.74) is 0.405. The first-order chi connectivity index (χ1) is 7.88. The number of hydrogen-bond acceptors (Lipinski definition) is 2. The molecule has 0 bridgehead atoms. The van der Waals surface area contributed by atoms with Gasteiger partial charge < -0.3 is 10.2 Å². The maximum absolute atomic E-state index is 3.60. The van der Waals surface area contributed by atoms with Crippen LogP contribution in [0, 0.1) is 11.3 Å². The molecule has 0 aliphatic heterocycles. The zero-order chi connectivity index (χ0) is 13.1. The number of nitrogens with zero attached hydrogens (tertiary/aromatic N) is 1. The van der Waals surface area contributed by atoms with Crippen LogP contribution in [0.3, 0.4) is 0 Å². The van der Waals surface area contributed by atoms with Gasteiger partial charge in [0.15, 0.2) is 0 Å². The van der Waals surface area contributed by atoms with E-state index in [9.17, 15) is 0 Å². The Kier molecular flexibility index (Phi) is 5.46. The van der Waals surface area contributed by atoms with E-state index in [0.29, 0.717) is 11.5 Å². The lowest BCUT2D eigenvalue weighted by atomic mass is 9.86. The van der Waals surface area contributed by atoms with E-state index in [1.807, 2.05) is 0 Å². The highest BCUT2D eigenvalue weighted by atomic mass is 15.1. The maximum atomic E-state index is 3.60. The van der Waals surface area contributed by atoms with Crippen LogP contribution in [0.2, 0.25) is 0 Å². The van der Waals surface area contributed by atoms with Crippen LogP contribution < -0.4 is 5.32 Å². The molecule has 1 N–H and O–H groups in total. The smallest absolute Gasteiger partial charge is 0.00923 e. The standard InChI is InChI=1S/C15H32N2/c1-7-15(5,10-16-12(2)3)11-17(6)13(4)14-8-9-14/h12-14,16H,7-11H2,1-6H3. The van der Waals surface area contributed by atoms with Gasteiger partial charge in [-0.3, -0.25) is 0 Å². The summed E-state index contributed by atoms with van der Waals surface area (Å²) in [4.78, 5) is 2.57. The Hall–Kier alpha value is -0.0800. The molecule has 0 saturated heterocycles. The van der Waals surface area contributed by atoms with Gasteiger partial charge >= 0.3 is 0 Å². The zero-order valence-corrected chi connectivity index (χ0v) is 12.7. The summed E-state index contributed by atoms with van der Waals surface area (Å²) in [5.74, 6) is 0.971. The van der Waals surface area contributed by atoms with Gasteiger partial charge in [-0.25, -0.2) is 0 Å². The van der Waals surface area contributed by atoms with E-state index in [4.69, 9.17) is 0 Å². The first-order valence-corrected chi connectivity index (χ1v) is 7.31. The van der Waals surface area contributed by atoms with Gasteiger partial charge in [-0.2, -0.15) is 0 Å². The van der Waals surface area contributed by atoms with Crippen LogP contribution >= 0.6 is 0 Å². The normalized spacial score (nSPS) is 21.9. The van der Waals surface area contributed by atoms with E-state index in [1.54, 1.807) is 0 Å². The van der Waals surface area contributed by atoms with E-state index < -0.39 is 0 Å². The first kappa shape index (κ1) is 15.0. The van der Waals surface area contributed by atoms with Crippen molar-refractivity contribution in [3.05, 3.63) is 0 Å². The van der Waals surface area contributed by atoms with Crippen molar-refractivity contribution in [3.63, 3.8) is 0 Å². The van der Waals surface area contributed by atoms with Crippen molar-refractivity contribution in [1.82, 2.24) is 10.2 Å². The highest BCUT2D eigenvalue weighted by Gasteiger charge is 2.33. The van der Waals surface area contributed by atoms with Crippen molar-refractivity contribution in [2.24, 2.45) is 11.3 Å².